The first-order valence-electron chi connectivity index (χ1n) is 6.16. The summed E-state index contributed by atoms with van der Waals surface area (Å²) in [6.45, 7) is 0. The molecule has 0 aliphatic rings. The topological polar surface area (TPSA) is 56.7 Å². The van der Waals surface area contributed by atoms with Gasteiger partial charge in [0.05, 0.1) is 11.9 Å². The van der Waals surface area contributed by atoms with E-state index < -0.39 is 0 Å². The van der Waals surface area contributed by atoms with Gasteiger partial charge in [-0.05, 0) is 36.3 Å². The van der Waals surface area contributed by atoms with Gasteiger partial charge in [0.1, 0.15) is 5.69 Å². The number of hydrogen-bond acceptors (Lipinski definition) is 3. The molecule has 0 saturated heterocycles. The number of hydrogen-bond donors (Lipinski definition) is 1. The number of nitrogen functional groups attached to an aromatic ring is 1. The van der Waals surface area contributed by atoms with E-state index in [0.29, 0.717) is 5.69 Å². The van der Waals surface area contributed by atoms with Gasteiger partial charge in [-0.25, -0.2) is 4.68 Å². The molecule has 1 aromatic heterocycles. The molecule has 1 heterocycles. The number of para-hydroxylation sites is 1. The number of benzene rings is 2. The Hall–Kier alpha value is -3.06. The van der Waals surface area contributed by atoms with Crippen LogP contribution in [-0.4, -0.2) is 15.0 Å². The number of nitrogens with zero attached hydrogens (tertiary/aromatic N) is 3. The van der Waals surface area contributed by atoms with Gasteiger partial charge in [0, 0.05) is 11.3 Å². The van der Waals surface area contributed by atoms with E-state index in [-0.39, 0.29) is 0 Å². The predicted molar refractivity (Wildman–Crippen MR) is 78.2 cm³/mol. The molecule has 20 heavy (non-hydrogen) atoms. The monoisotopic (exact) mass is 260 g/mol. The summed E-state index contributed by atoms with van der Waals surface area (Å²) in [6.07, 6.45) is 1.65. The van der Waals surface area contributed by atoms with Crippen molar-refractivity contribution in [2.45, 2.75) is 0 Å². The molecule has 4 nitrogen and oxygen atoms in total. The van der Waals surface area contributed by atoms with Crippen LogP contribution in [0.1, 0.15) is 11.3 Å². The second-order valence-corrected chi connectivity index (χ2v) is 4.24. The van der Waals surface area contributed by atoms with E-state index in [4.69, 9.17) is 5.73 Å². The summed E-state index contributed by atoms with van der Waals surface area (Å²) in [5.74, 6) is 6.13. The van der Waals surface area contributed by atoms with Crippen molar-refractivity contribution in [1.29, 1.82) is 0 Å². The van der Waals surface area contributed by atoms with Crippen LogP contribution in [0.4, 0.5) is 5.69 Å². The zero-order chi connectivity index (χ0) is 13.8. The van der Waals surface area contributed by atoms with E-state index in [2.05, 4.69) is 22.2 Å². The van der Waals surface area contributed by atoms with Gasteiger partial charge in [-0.2, -0.15) is 0 Å². The van der Waals surface area contributed by atoms with Crippen molar-refractivity contribution in [2.75, 3.05) is 5.73 Å². The molecule has 0 saturated carbocycles. The van der Waals surface area contributed by atoms with Crippen LogP contribution < -0.4 is 5.73 Å². The lowest BCUT2D eigenvalue weighted by atomic mass is 10.2. The molecular weight excluding hydrogens is 248 g/mol. The van der Waals surface area contributed by atoms with Crippen molar-refractivity contribution in [3.05, 3.63) is 72.1 Å². The van der Waals surface area contributed by atoms with E-state index in [1.165, 1.54) is 0 Å². The molecule has 0 aliphatic heterocycles. The SMILES string of the molecule is Nc1cccc(C#Cc2cnnn2-c2ccccc2)c1. The first kappa shape index (κ1) is 12.0. The molecule has 2 aromatic carbocycles. The van der Waals surface area contributed by atoms with Crippen LogP contribution in [0.25, 0.3) is 5.69 Å². The van der Waals surface area contributed by atoms with Crippen LogP contribution in [0.3, 0.4) is 0 Å². The Bertz CT molecular complexity index is 779. The minimum absolute atomic E-state index is 0.700. The molecule has 0 unspecified atom stereocenters. The molecule has 96 valence electrons. The Morgan fingerprint density at radius 3 is 2.60 bits per heavy atom. The fourth-order valence-corrected chi connectivity index (χ4v) is 1.83. The van der Waals surface area contributed by atoms with Gasteiger partial charge in [0.2, 0.25) is 0 Å². The van der Waals surface area contributed by atoms with Crippen LogP contribution in [0.15, 0.2) is 60.8 Å². The minimum Gasteiger partial charge on any atom is -0.399 e. The van der Waals surface area contributed by atoms with Crippen LogP contribution >= 0.6 is 0 Å². The first-order valence-corrected chi connectivity index (χ1v) is 6.16. The van der Waals surface area contributed by atoms with Gasteiger partial charge >= 0.3 is 0 Å². The maximum Gasteiger partial charge on any atom is 0.137 e. The highest BCUT2D eigenvalue weighted by atomic mass is 15.4. The molecule has 0 fully saturated rings. The van der Waals surface area contributed by atoms with Crippen molar-refractivity contribution >= 4 is 5.69 Å². The smallest absolute Gasteiger partial charge is 0.137 e. The lowest BCUT2D eigenvalue weighted by Crippen LogP contribution is -1.99. The van der Waals surface area contributed by atoms with Gasteiger partial charge in [-0.1, -0.05) is 35.4 Å². The summed E-state index contributed by atoms with van der Waals surface area (Å²) in [5, 5.41) is 7.97. The average molecular weight is 260 g/mol. The van der Waals surface area contributed by atoms with Crippen molar-refractivity contribution in [2.24, 2.45) is 0 Å². The van der Waals surface area contributed by atoms with Crippen LogP contribution in [0.5, 0.6) is 0 Å². The minimum atomic E-state index is 0.700. The van der Waals surface area contributed by atoms with Crippen molar-refractivity contribution in [1.82, 2.24) is 15.0 Å². The lowest BCUT2D eigenvalue weighted by molar-refractivity contribution is 0.797. The Morgan fingerprint density at radius 2 is 1.80 bits per heavy atom. The van der Waals surface area contributed by atoms with E-state index in [0.717, 1.165) is 16.9 Å². The normalized spacial score (nSPS) is 9.80. The number of aromatic nitrogens is 3. The van der Waals surface area contributed by atoms with Crippen LogP contribution in [0, 0.1) is 11.8 Å². The third-order valence-electron chi connectivity index (χ3n) is 2.77. The standard InChI is InChI=1S/C16H12N4/c17-14-6-4-5-13(11-14)9-10-16-12-18-19-20(16)15-7-2-1-3-8-15/h1-8,11-12H,17H2. The summed E-state index contributed by atoms with van der Waals surface area (Å²) in [7, 11) is 0. The zero-order valence-corrected chi connectivity index (χ0v) is 10.7. The van der Waals surface area contributed by atoms with Gasteiger partial charge in [0.15, 0.2) is 0 Å². The highest BCUT2D eigenvalue weighted by Crippen LogP contribution is 2.08. The van der Waals surface area contributed by atoms with Gasteiger partial charge in [-0.3, -0.25) is 0 Å². The molecule has 4 heteroatoms. The van der Waals surface area contributed by atoms with E-state index in [1.807, 2.05) is 54.6 Å². The van der Waals surface area contributed by atoms with E-state index in [9.17, 15) is 0 Å². The fourth-order valence-electron chi connectivity index (χ4n) is 1.83. The molecule has 2 N–H and O–H groups in total. The van der Waals surface area contributed by atoms with Crippen molar-refractivity contribution in [3.8, 4) is 17.5 Å². The first-order chi connectivity index (χ1) is 9.83. The third-order valence-corrected chi connectivity index (χ3v) is 2.77. The molecule has 0 atom stereocenters. The highest BCUT2D eigenvalue weighted by molar-refractivity contribution is 5.49. The van der Waals surface area contributed by atoms with Crippen molar-refractivity contribution < 1.29 is 0 Å². The second-order valence-electron chi connectivity index (χ2n) is 4.24. The molecule has 3 aromatic rings. The summed E-state index contributed by atoms with van der Waals surface area (Å²) in [5.41, 5.74) is 8.96. The van der Waals surface area contributed by atoms with E-state index in [1.54, 1.807) is 10.9 Å². The second kappa shape index (κ2) is 5.29. The number of nitrogens with two attached hydrogens (primary N) is 1. The molecular formula is C16H12N4. The third kappa shape index (κ3) is 2.52. The Kier molecular flexibility index (Phi) is 3.17. The average Bonchev–Trinajstić information content (AvgIpc) is 2.95. The maximum absolute atomic E-state index is 5.73. The lowest BCUT2D eigenvalue weighted by Gasteiger charge is -2.00. The van der Waals surface area contributed by atoms with E-state index >= 15 is 0 Å². The maximum atomic E-state index is 5.73. The molecule has 0 aliphatic carbocycles. The summed E-state index contributed by atoms with van der Waals surface area (Å²) < 4.78 is 1.71. The van der Waals surface area contributed by atoms with Crippen molar-refractivity contribution in [3.63, 3.8) is 0 Å². The summed E-state index contributed by atoms with van der Waals surface area (Å²) in [4.78, 5) is 0. The molecule has 0 amide bonds. The Labute approximate surface area is 116 Å². The molecule has 0 spiro atoms. The highest BCUT2D eigenvalue weighted by Gasteiger charge is 2.02. The number of anilines is 1. The molecule has 0 bridgehead atoms. The molecule has 3 rings (SSSR count). The molecule has 0 radical (unpaired) electrons. The fraction of sp³-hybridized carbons (Fsp3) is 0. The predicted octanol–water partition coefficient (Wildman–Crippen LogP) is 2.25. The Balaban J connectivity index is 1.96. The number of rotatable bonds is 1. The van der Waals surface area contributed by atoms with Crippen LogP contribution in [-0.2, 0) is 0 Å². The quantitative estimate of drug-likeness (QED) is 0.539. The van der Waals surface area contributed by atoms with Crippen LogP contribution in [0.2, 0.25) is 0 Å². The summed E-state index contributed by atoms with van der Waals surface area (Å²) >= 11 is 0. The van der Waals surface area contributed by atoms with Gasteiger partial charge in [0.25, 0.3) is 0 Å². The Morgan fingerprint density at radius 1 is 0.950 bits per heavy atom. The summed E-state index contributed by atoms with van der Waals surface area (Å²) in [6, 6.07) is 17.2. The van der Waals surface area contributed by atoms with Gasteiger partial charge in [-0.15, -0.1) is 5.10 Å². The largest absolute Gasteiger partial charge is 0.399 e. The van der Waals surface area contributed by atoms with Gasteiger partial charge < -0.3 is 5.73 Å². The zero-order valence-electron chi connectivity index (χ0n) is 10.7.